The number of phenolic OH excluding ortho intramolecular Hbond substituents is 4. The first-order chi connectivity index (χ1) is 15.2. The first-order valence-electron chi connectivity index (χ1n) is 9.13. The van der Waals surface area contributed by atoms with Gasteiger partial charge in [-0.25, -0.2) is 0 Å². The summed E-state index contributed by atoms with van der Waals surface area (Å²) in [6.07, 6.45) is 0. The lowest BCUT2D eigenvalue weighted by molar-refractivity contribution is 0.469. The van der Waals surface area contributed by atoms with Crippen molar-refractivity contribution in [3.05, 3.63) is 92.9 Å². The standard InChI is InChI=1S/2C12H8Cl2O2/c2*13-9-5-1-3-7(11(9)15)8-4-2-6-10(14)12(8)16/h2*1-6,15-16H. The monoisotopic (exact) mass is 508 g/mol. The highest BCUT2D eigenvalue weighted by Gasteiger charge is 2.14. The molecule has 4 rings (SSSR count). The highest BCUT2D eigenvalue weighted by atomic mass is 35.5. The van der Waals surface area contributed by atoms with Crippen LogP contribution < -0.4 is 0 Å². The van der Waals surface area contributed by atoms with Gasteiger partial charge >= 0.3 is 0 Å². The van der Waals surface area contributed by atoms with Crippen molar-refractivity contribution in [1.82, 2.24) is 0 Å². The largest absolute Gasteiger partial charge is 0.506 e. The maximum atomic E-state index is 9.78. The van der Waals surface area contributed by atoms with E-state index in [0.717, 1.165) is 0 Å². The molecule has 4 N–H and O–H groups in total. The van der Waals surface area contributed by atoms with E-state index in [-0.39, 0.29) is 43.1 Å². The number of phenols is 4. The number of aromatic hydroxyl groups is 4. The van der Waals surface area contributed by atoms with Crippen molar-refractivity contribution in [3.63, 3.8) is 0 Å². The van der Waals surface area contributed by atoms with Crippen LogP contribution in [0.3, 0.4) is 0 Å². The molecule has 32 heavy (non-hydrogen) atoms. The fourth-order valence-corrected chi connectivity index (χ4v) is 3.63. The van der Waals surface area contributed by atoms with Gasteiger partial charge in [-0.3, -0.25) is 0 Å². The minimum absolute atomic E-state index is 0.0678. The quantitative estimate of drug-likeness (QED) is 0.220. The average Bonchev–Trinajstić information content (AvgIpc) is 2.77. The lowest BCUT2D eigenvalue weighted by Gasteiger charge is -2.08. The fourth-order valence-electron chi connectivity index (χ4n) is 2.93. The first kappa shape index (κ1) is 23.9. The summed E-state index contributed by atoms with van der Waals surface area (Å²) >= 11 is 23.2. The second-order valence-electron chi connectivity index (χ2n) is 6.54. The Bertz CT molecular complexity index is 1080. The summed E-state index contributed by atoms with van der Waals surface area (Å²) in [6, 6.07) is 19.7. The van der Waals surface area contributed by atoms with E-state index in [9.17, 15) is 20.4 Å². The zero-order valence-electron chi connectivity index (χ0n) is 16.2. The van der Waals surface area contributed by atoms with Crippen molar-refractivity contribution in [2.45, 2.75) is 0 Å². The van der Waals surface area contributed by atoms with Gasteiger partial charge in [-0.05, 0) is 24.3 Å². The van der Waals surface area contributed by atoms with Gasteiger partial charge < -0.3 is 20.4 Å². The molecule has 0 heterocycles. The third kappa shape index (κ3) is 5.00. The normalized spacial score (nSPS) is 10.4. The number of benzene rings is 4. The van der Waals surface area contributed by atoms with Crippen LogP contribution in [0.15, 0.2) is 72.8 Å². The molecule has 0 radical (unpaired) electrons. The molecule has 8 heteroatoms. The van der Waals surface area contributed by atoms with Gasteiger partial charge in [0.05, 0.1) is 20.1 Å². The Morgan fingerprint density at radius 2 is 0.531 bits per heavy atom. The topological polar surface area (TPSA) is 80.9 Å². The first-order valence-corrected chi connectivity index (χ1v) is 10.6. The molecule has 4 aromatic rings. The molecule has 0 aliphatic heterocycles. The second kappa shape index (κ2) is 10.2. The molecule has 0 saturated carbocycles. The Morgan fingerprint density at radius 3 is 0.719 bits per heavy atom. The Morgan fingerprint density at radius 1 is 0.344 bits per heavy atom. The summed E-state index contributed by atoms with van der Waals surface area (Å²) in [5.41, 5.74) is 1.81. The molecular weight excluding hydrogens is 494 g/mol. The van der Waals surface area contributed by atoms with Crippen molar-refractivity contribution < 1.29 is 20.4 Å². The van der Waals surface area contributed by atoms with Crippen LogP contribution in [0, 0.1) is 0 Å². The molecule has 0 amide bonds. The molecule has 0 unspecified atom stereocenters. The number of hydrogen-bond acceptors (Lipinski definition) is 4. The van der Waals surface area contributed by atoms with E-state index in [1.807, 2.05) is 0 Å². The Kier molecular flexibility index (Phi) is 7.64. The van der Waals surface area contributed by atoms with E-state index in [4.69, 9.17) is 46.4 Å². The molecule has 0 atom stereocenters. The van der Waals surface area contributed by atoms with Crippen molar-refractivity contribution in [1.29, 1.82) is 0 Å². The van der Waals surface area contributed by atoms with Crippen LogP contribution in [0.2, 0.25) is 20.1 Å². The molecule has 4 aromatic carbocycles. The number of para-hydroxylation sites is 4. The molecule has 164 valence electrons. The van der Waals surface area contributed by atoms with Gasteiger partial charge in [0, 0.05) is 22.3 Å². The third-order valence-electron chi connectivity index (χ3n) is 4.53. The molecule has 0 bridgehead atoms. The Labute approximate surface area is 204 Å². The predicted molar refractivity (Wildman–Crippen MR) is 130 cm³/mol. The van der Waals surface area contributed by atoms with Gasteiger partial charge in [0.2, 0.25) is 0 Å². The molecule has 0 spiro atoms. The third-order valence-corrected chi connectivity index (χ3v) is 5.75. The van der Waals surface area contributed by atoms with Crippen LogP contribution >= 0.6 is 46.4 Å². The minimum Gasteiger partial charge on any atom is -0.506 e. The highest BCUT2D eigenvalue weighted by molar-refractivity contribution is 6.34. The summed E-state index contributed by atoms with van der Waals surface area (Å²) in [5, 5.41) is 40.1. The van der Waals surface area contributed by atoms with Gasteiger partial charge in [-0.15, -0.1) is 0 Å². The van der Waals surface area contributed by atoms with E-state index in [1.165, 1.54) is 0 Å². The van der Waals surface area contributed by atoms with E-state index in [2.05, 4.69) is 0 Å². The summed E-state index contributed by atoms with van der Waals surface area (Å²) in [4.78, 5) is 0. The zero-order chi connectivity index (χ0) is 23.4. The van der Waals surface area contributed by atoms with Crippen molar-refractivity contribution in [2.24, 2.45) is 0 Å². The van der Waals surface area contributed by atoms with Gasteiger partial charge in [-0.1, -0.05) is 94.9 Å². The van der Waals surface area contributed by atoms with Gasteiger partial charge in [0.25, 0.3) is 0 Å². The summed E-state index contributed by atoms with van der Waals surface area (Å²) < 4.78 is 0. The molecule has 0 aromatic heterocycles. The molecular formula is C24H16Cl4O4. The molecule has 0 fully saturated rings. The maximum absolute atomic E-state index is 9.78. The van der Waals surface area contributed by atoms with E-state index in [1.54, 1.807) is 72.8 Å². The number of halogens is 4. The summed E-state index contributed by atoms with van der Waals surface area (Å²) in [5.74, 6) is -0.271. The van der Waals surface area contributed by atoms with Crippen LogP contribution in [0.5, 0.6) is 23.0 Å². The Balaban J connectivity index is 0.000000181. The van der Waals surface area contributed by atoms with E-state index < -0.39 is 0 Å². The lowest BCUT2D eigenvalue weighted by Crippen LogP contribution is -1.81. The van der Waals surface area contributed by atoms with Crippen LogP contribution in [0.1, 0.15) is 0 Å². The van der Waals surface area contributed by atoms with Gasteiger partial charge in [0.1, 0.15) is 23.0 Å². The van der Waals surface area contributed by atoms with Crippen molar-refractivity contribution >= 4 is 46.4 Å². The zero-order valence-corrected chi connectivity index (χ0v) is 19.3. The SMILES string of the molecule is Oc1c(Cl)cccc1-c1cccc(Cl)c1O.Oc1c(Cl)cccc1-c1cccc(Cl)c1O. The van der Waals surface area contributed by atoms with Crippen molar-refractivity contribution in [2.75, 3.05) is 0 Å². The number of hydrogen-bond donors (Lipinski definition) is 4. The number of rotatable bonds is 2. The summed E-state index contributed by atoms with van der Waals surface area (Å²) in [6.45, 7) is 0. The molecule has 0 aliphatic carbocycles. The Hall–Kier alpha value is -2.76. The average molecular weight is 510 g/mol. The molecule has 0 saturated heterocycles. The fraction of sp³-hybridized carbons (Fsp3) is 0. The second-order valence-corrected chi connectivity index (χ2v) is 8.17. The maximum Gasteiger partial charge on any atom is 0.142 e. The predicted octanol–water partition coefficient (Wildman–Crippen LogP) is 8.14. The smallest absolute Gasteiger partial charge is 0.142 e. The van der Waals surface area contributed by atoms with Crippen LogP contribution in [-0.4, -0.2) is 20.4 Å². The van der Waals surface area contributed by atoms with E-state index >= 15 is 0 Å². The van der Waals surface area contributed by atoms with Gasteiger partial charge in [0.15, 0.2) is 0 Å². The summed E-state index contributed by atoms with van der Waals surface area (Å²) in [7, 11) is 0. The highest BCUT2D eigenvalue weighted by Crippen LogP contribution is 2.42. The van der Waals surface area contributed by atoms with E-state index in [0.29, 0.717) is 22.3 Å². The van der Waals surface area contributed by atoms with Gasteiger partial charge in [-0.2, -0.15) is 0 Å². The molecule has 4 nitrogen and oxygen atoms in total. The van der Waals surface area contributed by atoms with Crippen LogP contribution in [0.25, 0.3) is 22.3 Å². The van der Waals surface area contributed by atoms with Crippen LogP contribution in [0.4, 0.5) is 0 Å². The van der Waals surface area contributed by atoms with Crippen molar-refractivity contribution in [3.8, 4) is 45.3 Å². The minimum atomic E-state index is -0.0678. The lowest BCUT2D eigenvalue weighted by atomic mass is 10.0. The molecule has 0 aliphatic rings. The van der Waals surface area contributed by atoms with Crippen LogP contribution in [-0.2, 0) is 0 Å².